The highest BCUT2D eigenvalue weighted by atomic mass is 16.5. The number of para-hydroxylation sites is 1. The second kappa shape index (κ2) is 5.47. The Morgan fingerprint density at radius 2 is 2.05 bits per heavy atom. The van der Waals surface area contributed by atoms with Crippen LogP contribution in [0.15, 0.2) is 53.3 Å². The summed E-state index contributed by atoms with van der Waals surface area (Å²) in [6.45, 7) is 0.134. The van der Waals surface area contributed by atoms with Gasteiger partial charge in [-0.05, 0) is 30.3 Å². The molecule has 3 rings (SSSR count). The SMILES string of the molecule is N#Cc1cccc(OCc2nc3ccccc3c(=O)[nH]2)c1. The van der Waals surface area contributed by atoms with Gasteiger partial charge in [-0.1, -0.05) is 18.2 Å². The number of benzene rings is 2. The molecule has 0 radical (unpaired) electrons. The van der Waals surface area contributed by atoms with Crippen molar-refractivity contribution in [3.05, 3.63) is 70.3 Å². The molecule has 5 nitrogen and oxygen atoms in total. The van der Waals surface area contributed by atoms with Crippen molar-refractivity contribution in [2.24, 2.45) is 0 Å². The van der Waals surface area contributed by atoms with Gasteiger partial charge in [-0.25, -0.2) is 4.98 Å². The number of aromatic nitrogens is 2. The van der Waals surface area contributed by atoms with Crippen molar-refractivity contribution in [3.63, 3.8) is 0 Å². The highest BCUT2D eigenvalue weighted by Gasteiger charge is 2.04. The molecule has 0 aliphatic rings. The molecule has 0 amide bonds. The fourth-order valence-corrected chi connectivity index (χ4v) is 2.01. The van der Waals surface area contributed by atoms with Crippen molar-refractivity contribution >= 4 is 10.9 Å². The molecule has 21 heavy (non-hydrogen) atoms. The van der Waals surface area contributed by atoms with Gasteiger partial charge in [0.15, 0.2) is 0 Å². The smallest absolute Gasteiger partial charge is 0.258 e. The van der Waals surface area contributed by atoms with E-state index in [0.29, 0.717) is 28.0 Å². The predicted molar refractivity (Wildman–Crippen MR) is 77.9 cm³/mol. The summed E-state index contributed by atoms with van der Waals surface area (Å²) in [5, 5.41) is 9.39. The topological polar surface area (TPSA) is 78.8 Å². The number of hydrogen-bond donors (Lipinski definition) is 1. The van der Waals surface area contributed by atoms with Crippen molar-refractivity contribution < 1.29 is 4.74 Å². The number of H-pyrrole nitrogens is 1. The molecule has 0 saturated heterocycles. The van der Waals surface area contributed by atoms with Crippen LogP contribution >= 0.6 is 0 Å². The standard InChI is InChI=1S/C16H11N3O2/c17-9-11-4-3-5-12(8-11)21-10-15-18-14-7-2-1-6-13(14)16(20)19-15/h1-8H,10H2,(H,18,19,20). The molecule has 0 saturated carbocycles. The van der Waals surface area contributed by atoms with Crippen LogP contribution in [0.2, 0.25) is 0 Å². The molecule has 1 N–H and O–H groups in total. The van der Waals surface area contributed by atoms with E-state index >= 15 is 0 Å². The summed E-state index contributed by atoms with van der Waals surface area (Å²) < 4.78 is 5.55. The molecule has 0 unspecified atom stereocenters. The van der Waals surface area contributed by atoms with Gasteiger partial charge in [-0.15, -0.1) is 0 Å². The van der Waals surface area contributed by atoms with Gasteiger partial charge in [-0.3, -0.25) is 4.79 Å². The van der Waals surface area contributed by atoms with E-state index in [1.54, 1.807) is 42.5 Å². The normalized spacial score (nSPS) is 10.2. The second-order valence-electron chi connectivity index (χ2n) is 4.46. The van der Waals surface area contributed by atoms with Gasteiger partial charge in [0, 0.05) is 0 Å². The maximum atomic E-state index is 11.9. The number of hydrogen-bond acceptors (Lipinski definition) is 4. The van der Waals surface area contributed by atoms with E-state index in [2.05, 4.69) is 9.97 Å². The largest absolute Gasteiger partial charge is 0.486 e. The number of nitriles is 1. The Bertz CT molecular complexity index is 894. The van der Waals surface area contributed by atoms with Gasteiger partial charge in [0.25, 0.3) is 5.56 Å². The first kappa shape index (κ1) is 12.9. The van der Waals surface area contributed by atoms with E-state index < -0.39 is 0 Å². The zero-order chi connectivity index (χ0) is 14.7. The van der Waals surface area contributed by atoms with Crippen molar-refractivity contribution in [1.29, 1.82) is 5.26 Å². The average Bonchev–Trinajstić information content (AvgIpc) is 2.53. The van der Waals surface area contributed by atoms with Gasteiger partial charge >= 0.3 is 0 Å². The molecule has 0 bridgehead atoms. The Balaban J connectivity index is 1.85. The van der Waals surface area contributed by atoms with E-state index in [-0.39, 0.29) is 12.2 Å². The van der Waals surface area contributed by atoms with E-state index in [1.807, 2.05) is 12.1 Å². The van der Waals surface area contributed by atoms with E-state index in [9.17, 15) is 4.79 Å². The minimum Gasteiger partial charge on any atom is -0.486 e. The lowest BCUT2D eigenvalue weighted by molar-refractivity contribution is 0.296. The third-order valence-electron chi connectivity index (χ3n) is 3.00. The summed E-state index contributed by atoms with van der Waals surface area (Å²) in [5.41, 5.74) is 0.961. The Morgan fingerprint density at radius 3 is 2.90 bits per heavy atom. The Hall–Kier alpha value is -3.13. The van der Waals surface area contributed by atoms with Crippen LogP contribution in [0.3, 0.4) is 0 Å². The van der Waals surface area contributed by atoms with Gasteiger partial charge in [0.05, 0.1) is 22.5 Å². The maximum Gasteiger partial charge on any atom is 0.258 e. The summed E-state index contributed by atoms with van der Waals surface area (Å²) in [5.74, 6) is 1.01. The molecule has 0 atom stereocenters. The fraction of sp³-hybridized carbons (Fsp3) is 0.0625. The number of rotatable bonds is 3. The number of fused-ring (bicyclic) bond motifs is 1. The van der Waals surface area contributed by atoms with Gasteiger partial charge in [0.2, 0.25) is 0 Å². The highest BCUT2D eigenvalue weighted by molar-refractivity contribution is 5.77. The Labute approximate surface area is 120 Å². The second-order valence-corrected chi connectivity index (χ2v) is 4.46. The van der Waals surface area contributed by atoms with Crippen molar-refractivity contribution in [2.75, 3.05) is 0 Å². The van der Waals surface area contributed by atoms with Crippen molar-refractivity contribution in [3.8, 4) is 11.8 Å². The van der Waals surface area contributed by atoms with Crippen molar-refractivity contribution in [2.45, 2.75) is 6.61 Å². The van der Waals surface area contributed by atoms with Crippen LogP contribution in [-0.2, 0) is 6.61 Å². The lowest BCUT2D eigenvalue weighted by Crippen LogP contribution is -2.13. The van der Waals surface area contributed by atoms with Crippen LogP contribution in [-0.4, -0.2) is 9.97 Å². The third kappa shape index (κ3) is 2.74. The van der Waals surface area contributed by atoms with Crippen LogP contribution in [0.5, 0.6) is 5.75 Å². The number of nitrogens with one attached hydrogen (secondary N) is 1. The third-order valence-corrected chi connectivity index (χ3v) is 3.00. The zero-order valence-electron chi connectivity index (χ0n) is 11.0. The van der Waals surface area contributed by atoms with Gasteiger partial charge in [-0.2, -0.15) is 5.26 Å². The quantitative estimate of drug-likeness (QED) is 0.797. The molecular weight excluding hydrogens is 266 g/mol. The average molecular weight is 277 g/mol. The van der Waals surface area contributed by atoms with Crippen LogP contribution in [0.25, 0.3) is 10.9 Å². The first-order valence-corrected chi connectivity index (χ1v) is 6.37. The summed E-state index contributed by atoms with van der Waals surface area (Å²) in [6.07, 6.45) is 0. The molecule has 5 heteroatoms. The molecular formula is C16H11N3O2. The summed E-state index contributed by atoms with van der Waals surface area (Å²) >= 11 is 0. The molecule has 0 spiro atoms. The summed E-state index contributed by atoms with van der Waals surface area (Å²) in [6, 6.07) is 16.0. The molecule has 2 aromatic carbocycles. The van der Waals surface area contributed by atoms with Crippen LogP contribution in [0.4, 0.5) is 0 Å². The molecule has 1 aromatic heterocycles. The number of nitrogens with zero attached hydrogens (tertiary/aromatic N) is 2. The van der Waals surface area contributed by atoms with E-state index in [4.69, 9.17) is 10.00 Å². The zero-order valence-corrected chi connectivity index (χ0v) is 11.0. The molecule has 0 fully saturated rings. The Kier molecular flexibility index (Phi) is 3.36. The molecule has 102 valence electrons. The van der Waals surface area contributed by atoms with E-state index in [1.165, 1.54) is 0 Å². The first-order valence-electron chi connectivity index (χ1n) is 6.37. The number of ether oxygens (including phenoxy) is 1. The van der Waals surface area contributed by atoms with Crippen LogP contribution < -0.4 is 10.3 Å². The van der Waals surface area contributed by atoms with Crippen LogP contribution in [0, 0.1) is 11.3 Å². The fourth-order valence-electron chi connectivity index (χ4n) is 2.01. The monoisotopic (exact) mass is 277 g/mol. The lowest BCUT2D eigenvalue weighted by atomic mass is 10.2. The maximum absolute atomic E-state index is 11.9. The highest BCUT2D eigenvalue weighted by Crippen LogP contribution is 2.14. The van der Waals surface area contributed by atoms with Gasteiger partial charge < -0.3 is 9.72 Å². The minimum atomic E-state index is -0.190. The molecule has 0 aliphatic carbocycles. The number of aromatic amines is 1. The first-order chi connectivity index (χ1) is 10.3. The van der Waals surface area contributed by atoms with E-state index in [0.717, 1.165) is 0 Å². The van der Waals surface area contributed by atoms with Crippen LogP contribution in [0.1, 0.15) is 11.4 Å². The van der Waals surface area contributed by atoms with Crippen molar-refractivity contribution in [1.82, 2.24) is 9.97 Å². The molecule has 3 aromatic rings. The predicted octanol–water partition coefficient (Wildman–Crippen LogP) is 2.37. The lowest BCUT2D eigenvalue weighted by Gasteiger charge is -2.06. The minimum absolute atomic E-state index is 0.134. The Morgan fingerprint density at radius 1 is 1.19 bits per heavy atom. The van der Waals surface area contributed by atoms with Gasteiger partial charge in [0.1, 0.15) is 18.2 Å². The summed E-state index contributed by atoms with van der Waals surface area (Å²) in [4.78, 5) is 19.0. The molecule has 0 aliphatic heterocycles. The molecule has 1 heterocycles. The summed E-state index contributed by atoms with van der Waals surface area (Å²) in [7, 11) is 0.